The Kier molecular flexibility index (Phi) is 3.38. The first-order valence-corrected chi connectivity index (χ1v) is 6.16. The molecule has 1 atom stereocenters. The van der Waals surface area contributed by atoms with Crippen LogP contribution in [0.1, 0.15) is 17.4 Å². The van der Waals surface area contributed by atoms with Crippen molar-refractivity contribution < 1.29 is 9.59 Å². The van der Waals surface area contributed by atoms with Gasteiger partial charge in [-0.15, -0.1) is 0 Å². The summed E-state index contributed by atoms with van der Waals surface area (Å²) < 4.78 is 0.673. The standard InChI is InChI=1S/C12H12BrN3O2/c1-6(11(14)17)15-12(18)10-9(13)7-4-2-3-5-8(7)16-10/h2-6,16H,1H3,(H2,14,17)(H,15,18). The van der Waals surface area contributed by atoms with Crippen LogP contribution in [-0.2, 0) is 4.79 Å². The summed E-state index contributed by atoms with van der Waals surface area (Å²) in [4.78, 5) is 25.9. The second kappa shape index (κ2) is 4.81. The monoisotopic (exact) mass is 309 g/mol. The Bertz CT molecular complexity index is 621. The normalized spacial score (nSPS) is 12.3. The SMILES string of the molecule is CC(NC(=O)c1[nH]c2ccccc2c1Br)C(N)=O. The average Bonchev–Trinajstić information content (AvgIpc) is 2.67. The Labute approximate surface area is 112 Å². The maximum absolute atomic E-state index is 12.0. The second-order valence-corrected chi connectivity index (χ2v) is 4.75. The molecule has 0 fully saturated rings. The van der Waals surface area contributed by atoms with Gasteiger partial charge in [0.25, 0.3) is 5.91 Å². The zero-order valence-corrected chi connectivity index (χ0v) is 11.2. The topological polar surface area (TPSA) is 88.0 Å². The number of amides is 2. The minimum Gasteiger partial charge on any atom is -0.368 e. The third-order valence-electron chi connectivity index (χ3n) is 2.64. The third-order valence-corrected chi connectivity index (χ3v) is 3.47. The molecule has 2 amide bonds. The van der Waals surface area contributed by atoms with Crippen LogP contribution in [0.15, 0.2) is 28.7 Å². The summed E-state index contributed by atoms with van der Waals surface area (Å²) in [7, 11) is 0. The molecule has 1 heterocycles. The Hall–Kier alpha value is -1.82. The maximum atomic E-state index is 12.0. The van der Waals surface area contributed by atoms with E-state index in [1.165, 1.54) is 6.92 Å². The number of H-pyrrole nitrogens is 1. The van der Waals surface area contributed by atoms with Crippen molar-refractivity contribution in [2.45, 2.75) is 13.0 Å². The van der Waals surface area contributed by atoms with Crippen LogP contribution in [0.2, 0.25) is 0 Å². The number of carbonyl (C=O) groups is 2. The minimum absolute atomic E-state index is 0.371. The Morgan fingerprint density at radius 3 is 2.67 bits per heavy atom. The van der Waals surface area contributed by atoms with Gasteiger partial charge in [0.1, 0.15) is 11.7 Å². The number of nitrogens with two attached hydrogens (primary N) is 1. The number of aromatic nitrogens is 1. The van der Waals surface area contributed by atoms with E-state index < -0.39 is 11.9 Å². The molecule has 0 spiro atoms. The van der Waals surface area contributed by atoms with Gasteiger partial charge < -0.3 is 16.0 Å². The molecule has 5 nitrogen and oxygen atoms in total. The third kappa shape index (κ3) is 2.24. The fourth-order valence-corrected chi connectivity index (χ4v) is 2.23. The number of benzene rings is 1. The quantitative estimate of drug-likeness (QED) is 0.803. The molecular weight excluding hydrogens is 298 g/mol. The Balaban J connectivity index is 2.34. The van der Waals surface area contributed by atoms with E-state index in [1.54, 1.807) is 0 Å². The Morgan fingerprint density at radius 2 is 2.06 bits per heavy atom. The summed E-state index contributed by atoms with van der Waals surface area (Å²) in [6, 6.07) is 6.81. The van der Waals surface area contributed by atoms with E-state index in [2.05, 4.69) is 26.2 Å². The minimum atomic E-state index is -0.712. The number of para-hydroxylation sites is 1. The molecule has 2 aromatic rings. The molecule has 6 heteroatoms. The summed E-state index contributed by atoms with van der Waals surface area (Å²) in [5, 5.41) is 3.43. The van der Waals surface area contributed by atoms with Crippen LogP contribution in [0.5, 0.6) is 0 Å². The molecule has 0 bridgehead atoms. The van der Waals surface area contributed by atoms with Crippen molar-refractivity contribution >= 4 is 38.6 Å². The molecule has 0 aliphatic carbocycles. The van der Waals surface area contributed by atoms with Gasteiger partial charge in [0.05, 0.1) is 4.47 Å². The van der Waals surface area contributed by atoms with Gasteiger partial charge in [0.15, 0.2) is 0 Å². The first-order chi connectivity index (χ1) is 8.50. The predicted octanol–water partition coefficient (Wildman–Crippen LogP) is 1.53. The van der Waals surface area contributed by atoms with E-state index in [0.29, 0.717) is 10.2 Å². The van der Waals surface area contributed by atoms with E-state index in [9.17, 15) is 9.59 Å². The van der Waals surface area contributed by atoms with Crippen molar-refractivity contribution in [2.24, 2.45) is 5.73 Å². The molecule has 0 radical (unpaired) electrons. The lowest BCUT2D eigenvalue weighted by molar-refractivity contribution is -0.119. The molecule has 1 aromatic carbocycles. The zero-order chi connectivity index (χ0) is 13.3. The second-order valence-electron chi connectivity index (χ2n) is 3.96. The first kappa shape index (κ1) is 12.6. The number of halogens is 1. The summed E-state index contributed by atoms with van der Waals surface area (Å²) in [6.07, 6.45) is 0. The van der Waals surface area contributed by atoms with Crippen LogP contribution in [0, 0.1) is 0 Å². The highest BCUT2D eigenvalue weighted by Crippen LogP contribution is 2.27. The molecule has 0 aliphatic heterocycles. The molecule has 0 saturated carbocycles. The lowest BCUT2D eigenvalue weighted by Crippen LogP contribution is -2.42. The van der Waals surface area contributed by atoms with Gasteiger partial charge in [0.2, 0.25) is 5.91 Å². The van der Waals surface area contributed by atoms with Gasteiger partial charge in [-0.3, -0.25) is 9.59 Å². The van der Waals surface area contributed by atoms with Gasteiger partial charge in [-0.25, -0.2) is 0 Å². The van der Waals surface area contributed by atoms with E-state index in [4.69, 9.17) is 5.73 Å². The number of primary amides is 1. The number of rotatable bonds is 3. The lowest BCUT2D eigenvalue weighted by atomic mass is 10.2. The van der Waals surface area contributed by atoms with Crippen molar-refractivity contribution in [2.75, 3.05) is 0 Å². The number of hydrogen-bond acceptors (Lipinski definition) is 2. The number of fused-ring (bicyclic) bond motifs is 1. The van der Waals surface area contributed by atoms with Crippen molar-refractivity contribution in [3.05, 3.63) is 34.4 Å². The van der Waals surface area contributed by atoms with Crippen LogP contribution in [-0.4, -0.2) is 22.8 Å². The van der Waals surface area contributed by atoms with Crippen molar-refractivity contribution in [1.82, 2.24) is 10.3 Å². The highest BCUT2D eigenvalue weighted by molar-refractivity contribution is 9.10. The first-order valence-electron chi connectivity index (χ1n) is 5.37. The molecule has 0 aliphatic rings. The van der Waals surface area contributed by atoms with Gasteiger partial charge in [-0.05, 0) is 28.9 Å². The molecule has 94 valence electrons. The van der Waals surface area contributed by atoms with Gasteiger partial charge in [-0.2, -0.15) is 0 Å². The fraction of sp³-hybridized carbons (Fsp3) is 0.167. The summed E-state index contributed by atoms with van der Waals surface area (Å²) in [5.41, 5.74) is 6.33. The van der Waals surface area contributed by atoms with E-state index in [-0.39, 0.29) is 5.91 Å². The average molecular weight is 310 g/mol. The highest BCUT2D eigenvalue weighted by atomic mass is 79.9. The van der Waals surface area contributed by atoms with Crippen LogP contribution in [0.3, 0.4) is 0 Å². The molecule has 0 saturated heterocycles. The number of nitrogens with one attached hydrogen (secondary N) is 2. The van der Waals surface area contributed by atoms with Gasteiger partial charge >= 0.3 is 0 Å². The van der Waals surface area contributed by atoms with E-state index in [0.717, 1.165) is 10.9 Å². The predicted molar refractivity (Wildman–Crippen MR) is 72.1 cm³/mol. The molecule has 18 heavy (non-hydrogen) atoms. The van der Waals surface area contributed by atoms with Crippen LogP contribution < -0.4 is 11.1 Å². The summed E-state index contributed by atoms with van der Waals surface area (Å²) in [5.74, 6) is -0.944. The van der Waals surface area contributed by atoms with Crippen molar-refractivity contribution in [3.63, 3.8) is 0 Å². The molecule has 1 aromatic heterocycles. The maximum Gasteiger partial charge on any atom is 0.269 e. The van der Waals surface area contributed by atoms with Crippen LogP contribution in [0.25, 0.3) is 10.9 Å². The van der Waals surface area contributed by atoms with Crippen molar-refractivity contribution in [3.8, 4) is 0 Å². The number of aromatic amines is 1. The molecule has 2 rings (SSSR count). The largest absolute Gasteiger partial charge is 0.368 e. The van der Waals surface area contributed by atoms with Crippen LogP contribution in [0.4, 0.5) is 0 Å². The zero-order valence-electron chi connectivity index (χ0n) is 9.66. The molecule has 1 unspecified atom stereocenters. The Morgan fingerprint density at radius 1 is 1.39 bits per heavy atom. The highest BCUT2D eigenvalue weighted by Gasteiger charge is 2.19. The van der Waals surface area contributed by atoms with Crippen molar-refractivity contribution in [1.29, 1.82) is 0 Å². The lowest BCUT2D eigenvalue weighted by Gasteiger charge is -2.09. The van der Waals surface area contributed by atoms with Crippen LogP contribution >= 0.6 is 15.9 Å². The summed E-state index contributed by atoms with van der Waals surface area (Å²) >= 11 is 3.37. The van der Waals surface area contributed by atoms with E-state index in [1.807, 2.05) is 24.3 Å². The number of hydrogen-bond donors (Lipinski definition) is 3. The molecular formula is C12H12BrN3O2. The van der Waals surface area contributed by atoms with E-state index >= 15 is 0 Å². The summed E-state index contributed by atoms with van der Waals surface area (Å²) in [6.45, 7) is 1.54. The number of carbonyl (C=O) groups excluding carboxylic acids is 2. The fourth-order valence-electron chi connectivity index (χ4n) is 1.60. The smallest absolute Gasteiger partial charge is 0.269 e. The van der Waals surface area contributed by atoms with Gasteiger partial charge in [-0.1, -0.05) is 18.2 Å². The molecule has 4 N–H and O–H groups in total. The van der Waals surface area contributed by atoms with Gasteiger partial charge in [0, 0.05) is 10.9 Å².